The van der Waals surface area contributed by atoms with Crippen LogP contribution in [-0.2, 0) is 9.59 Å². The standard InChI is InChI=1S/C10H20O2S2.C2H4O2/c1-7(2)5-13-10(9(11)12)14-6-8(3)4;1-2(3)4/h7-8,10H,5-6H2,1-4H3,(H,11,12);1H3,(H,3,4). The van der Waals surface area contributed by atoms with Crippen LogP contribution in [0.4, 0.5) is 0 Å². The van der Waals surface area contributed by atoms with Crippen LogP contribution in [-0.4, -0.2) is 38.2 Å². The van der Waals surface area contributed by atoms with Gasteiger partial charge in [-0.05, 0) is 23.3 Å². The fourth-order valence-corrected chi connectivity index (χ4v) is 3.01. The number of aliphatic carboxylic acids is 2. The lowest BCUT2D eigenvalue weighted by molar-refractivity contribution is -0.135. The van der Waals surface area contributed by atoms with Crippen LogP contribution in [0.3, 0.4) is 0 Å². The van der Waals surface area contributed by atoms with Crippen molar-refractivity contribution in [3.05, 3.63) is 0 Å². The molecule has 0 radical (unpaired) electrons. The van der Waals surface area contributed by atoms with Gasteiger partial charge in [0.15, 0.2) is 0 Å². The summed E-state index contributed by atoms with van der Waals surface area (Å²) < 4.78 is -0.292. The molecule has 0 bridgehead atoms. The smallest absolute Gasteiger partial charge is 0.326 e. The number of hydrogen-bond acceptors (Lipinski definition) is 4. The van der Waals surface area contributed by atoms with Crippen molar-refractivity contribution >= 4 is 35.5 Å². The van der Waals surface area contributed by atoms with Crippen LogP contribution in [0.2, 0.25) is 0 Å². The second-order valence-corrected chi connectivity index (χ2v) is 7.22. The Morgan fingerprint density at radius 2 is 1.22 bits per heavy atom. The van der Waals surface area contributed by atoms with Gasteiger partial charge >= 0.3 is 5.97 Å². The van der Waals surface area contributed by atoms with E-state index < -0.39 is 11.9 Å². The van der Waals surface area contributed by atoms with E-state index in [0.29, 0.717) is 11.8 Å². The van der Waals surface area contributed by atoms with Crippen molar-refractivity contribution in [2.24, 2.45) is 11.8 Å². The first-order valence-corrected chi connectivity index (χ1v) is 7.92. The van der Waals surface area contributed by atoms with Gasteiger partial charge in [-0.15, -0.1) is 23.5 Å². The molecule has 0 aromatic heterocycles. The quantitative estimate of drug-likeness (QED) is 0.702. The molecule has 0 heterocycles. The maximum Gasteiger partial charge on any atom is 0.326 e. The van der Waals surface area contributed by atoms with Crippen molar-refractivity contribution in [1.29, 1.82) is 0 Å². The Balaban J connectivity index is 0. The van der Waals surface area contributed by atoms with Gasteiger partial charge in [0.25, 0.3) is 5.97 Å². The van der Waals surface area contributed by atoms with Crippen LogP contribution >= 0.6 is 23.5 Å². The zero-order valence-electron chi connectivity index (χ0n) is 11.7. The first kappa shape index (κ1) is 20.0. The zero-order chi connectivity index (χ0) is 14.7. The minimum Gasteiger partial charge on any atom is -0.481 e. The van der Waals surface area contributed by atoms with Crippen LogP contribution in [0, 0.1) is 11.8 Å². The summed E-state index contributed by atoms with van der Waals surface area (Å²) in [6.07, 6.45) is 0. The first-order chi connectivity index (χ1) is 8.16. The van der Waals surface area contributed by atoms with E-state index in [-0.39, 0.29) is 4.58 Å². The predicted molar refractivity (Wildman–Crippen MR) is 79.3 cm³/mol. The Kier molecular flexibility index (Phi) is 13.0. The minimum absolute atomic E-state index is 0.292. The van der Waals surface area contributed by atoms with E-state index in [1.165, 1.54) is 0 Å². The third-order valence-corrected chi connectivity index (χ3v) is 4.91. The summed E-state index contributed by atoms with van der Waals surface area (Å²) in [5, 5.41) is 16.4. The molecule has 18 heavy (non-hydrogen) atoms. The molecule has 0 unspecified atom stereocenters. The summed E-state index contributed by atoms with van der Waals surface area (Å²) in [5.41, 5.74) is 0. The van der Waals surface area contributed by atoms with Crippen LogP contribution < -0.4 is 0 Å². The second kappa shape index (κ2) is 11.7. The molecule has 0 atom stereocenters. The van der Waals surface area contributed by atoms with Crippen molar-refractivity contribution < 1.29 is 19.8 Å². The lowest BCUT2D eigenvalue weighted by Gasteiger charge is -2.14. The van der Waals surface area contributed by atoms with Crippen molar-refractivity contribution in [3.63, 3.8) is 0 Å². The molecule has 0 saturated carbocycles. The Hall–Kier alpha value is -0.360. The number of carboxylic acid groups (broad SMARTS) is 2. The molecule has 6 heteroatoms. The minimum atomic E-state index is -0.833. The summed E-state index contributed by atoms with van der Waals surface area (Å²) in [7, 11) is 0. The maximum absolute atomic E-state index is 10.9. The van der Waals surface area contributed by atoms with Gasteiger partial charge in [0, 0.05) is 6.92 Å². The molecule has 0 spiro atoms. The van der Waals surface area contributed by atoms with Gasteiger partial charge in [-0.25, -0.2) is 0 Å². The number of thioether (sulfide) groups is 2. The summed E-state index contributed by atoms with van der Waals surface area (Å²) in [4.78, 5) is 19.9. The van der Waals surface area contributed by atoms with Crippen LogP contribution in [0.1, 0.15) is 34.6 Å². The molecule has 0 aliphatic rings. The SMILES string of the molecule is CC(=O)O.CC(C)CSC(SCC(C)C)C(=O)O. The Morgan fingerprint density at radius 3 is 1.39 bits per heavy atom. The van der Waals surface area contributed by atoms with E-state index in [4.69, 9.17) is 15.0 Å². The second-order valence-electron chi connectivity index (χ2n) is 4.64. The molecular weight excluding hydrogens is 272 g/mol. The van der Waals surface area contributed by atoms with E-state index in [0.717, 1.165) is 18.4 Å². The third-order valence-electron chi connectivity index (χ3n) is 1.36. The molecule has 4 nitrogen and oxygen atoms in total. The maximum atomic E-state index is 10.9. The number of rotatable bonds is 7. The Morgan fingerprint density at radius 1 is 0.944 bits per heavy atom. The molecule has 0 fully saturated rings. The number of hydrogen-bond donors (Lipinski definition) is 2. The highest BCUT2D eigenvalue weighted by atomic mass is 32.2. The summed E-state index contributed by atoms with van der Waals surface area (Å²) in [6.45, 7) is 9.52. The lowest BCUT2D eigenvalue weighted by atomic mass is 10.3. The molecule has 0 rings (SSSR count). The van der Waals surface area contributed by atoms with E-state index in [2.05, 4.69) is 27.7 Å². The van der Waals surface area contributed by atoms with Crippen molar-refractivity contribution in [1.82, 2.24) is 0 Å². The molecule has 0 aliphatic heterocycles. The predicted octanol–water partition coefficient (Wildman–Crippen LogP) is 3.27. The lowest BCUT2D eigenvalue weighted by Crippen LogP contribution is -2.15. The number of carbonyl (C=O) groups is 2. The number of carboxylic acids is 2. The summed E-state index contributed by atoms with van der Waals surface area (Å²) >= 11 is 3.09. The van der Waals surface area contributed by atoms with Crippen molar-refractivity contribution in [2.75, 3.05) is 11.5 Å². The molecule has 0 aromatic carbocycles. The van der Waals surface area contributed by atoms with Crippen molar-refractivity contribution in [3.8, 4) is 0 Å². The topological polar surface area (TPSA) is 74.6 Å². The van der Waals surface area contributed by atoms with Gasteiger partial charge in [0.2, 0.25) is 0 Å². The van der Waals surface area contributed by atoms with Gasteiger partial charge < -0.3 is 10.2 Å². The largest absolute Gasteiger partial charge is 0.481 e. The molecule has 0 saturated heterocycles. The molecular formula is C12H24O4S2. The fourth-order valence-electron chi connectivity index (χ4n) is 0.750. The summed E-state index contributed by atoms with van der Waals surface area (Å²) in [5.74, 6) is 1.42. The normalized spacial score (nSPS) is 10.4. The molecule has 0 amide bonds. The van der Waals surface area contributed by atoms with Crippen LogP contribution in [0.25, 0.3) is 0 Å². The highest BCUT2D eigenvalue weighted by Crippen LogP contribution is 2.27. The highest BCUT2D eigenvalue weighted by molar-refractivity contribution is 8.18. The average Bonchev–Trinajstić information content (AvgIpc) is 2.14. The summed E-state index contributed by atoms with van der Waals surface area (Å²) in [6, 6.07) is 0. The van der Waals surface area contributed by atoms with Gasteiger partial charge in [-0.3, -0.25) is 9.59 Å². The zero-order valence-corrected chi connectivity index (χ0v) is 13.3. The molecule has 0 aliphatic carbocycles. The fraction of sp³-hybridized carbons (Fsp3) is 0.833. The third kappa shape index (κ3) is 18.0. The van der Waals surface area contributed by atoms with E-state index in [1.54, 1.807) is 23.5 Å². The van der Waals surface area contributed by atoms with E-state index >= 15 is 0 Å². The first-order valence-electron chi connectivity index (χ1n) is 5.82. The molecule has 2 N–H and O–H groups in total. The monoisotopic (exact) mass is 296 g/mol. The highest BCUT2D eigenvalue weighted by Gasteiger charge is 2.18. The van der Waals surface area contributed by atoms with Crippen LogP contribution in [0.15, 0.2) is 0 Å². The molecule has 0 aromatic rings. The average molecular weight is 296 g/mol. The van der Waals surface area contributed by atoms with E-state index in [9.17, 15) is 4.79 Å². The van der Waals surface area contributed by atoms with Gasteiger partial charge in [-0.1, -0.05) is 27.7 Å². The van der Waals surface area contributed by atoms with E-state index in [1.807, 2.05) is 0 Å². The Bertz CT molecular complexity index is 226. The Labute approximate surface area is 118 Å². The van der Waals surface area contributed by atoms with Crippen LogP contribution in [0.5, 0.6) is 0 Å². The molecule has 108 valence electrons. The van der Waals surface area contributed by atoms with Crippen molar-refractivity contribution in [2.45, 2.75) is 39.2 Å². The van der Waals surface area contributed by atoms with Gasteiger partial charge in [0.05, 0.1) is 0 Å². The van der Waals surface area contributed by atoms with Gasteiger partial charge in [-0.2, -0.15) is 0 Å². The van der Waals surface area contributed by atoms with Gasteiger partial charge in [0.1, 0.15) is 4.58 Å².